The van der Waals surface area contributed by atoms with Gasteiger partial charge in [-0.2, -0.15) is 0 Å². The predicted molar refractivity (Wildman–Crippen MR) is 73.5 cm³/mol. The van der Waals surface area contributed by atoms with Crippen LogP contribution in [0.25, 0.3) is 0 Å². The van der Waals surface area contributed by atoms with Gasteiger partial charge in [0.1, 0.15) is 0 Å². The van der Waals surface area contributed by atoms with Gasteiger partial charge in [-0.25, -0.2) is 0 Å². The van der Waals surface area contributed by atoms with Crippen LogP contribution in [0.15, 0.2) is 24.3 Å². The monoisotopic (exact) mass is 260 g/mol. The van der Waals surface area contributed by atoms with Crippen molar-refractivity contribution in [1.82, 2.24) is 10.2 Å². The molecule has 1 aromatic rings. The first-order valence-electron chi connectivity index (χ1n) is 6.75. The normalized spacial score (nSPS) is 15.4. The van der Waals surface area contributed by atoms with Gasteiger partial charge in [0.25, 0.3) is 0 Å². The second kappa shape index (κ2) is 6.36. The highest BCUT2D eigenvalue weighted by Crippen LogP contribution is 2.09. The van der Waals surface area contributed by atoms with Crippen LogP contribution in [0.4, 0.5) is 0 Å². The third-order valence-corrected chi connectivity index (χ3v) is 3.33. The molecular weight excluding hydrogens is 240 g/mol. The van der Waals surface area contributed by atoms with Crippen molar-refractivity contribution >= 4 is 11.8 Å². The maximum Gasteiger partial charge on any atom is 0.239 e. The number of nitrogens with zero attached hydrogens (tertiary/aromatic N) is 1. The van der Waals surface area contributed by atoms with Crippen molar-refractivity contribution in [2.24, 2.45) is 0 Å². The van der Waals surface area contributed by atoms with Crippen LogP contribution in [0.5, 0.6) is 0 Å². The average Bonchev–Trinajstić information content (AvgIpc) is 2.39. The van der Waals surface area contributed by atoms with Crippen LogP contribution in [0.2, 0.25) is 0 Å². The highest BCUT2D eigenvalue weighted by Gasteiger charge is 2.19. The van der Waals surface area contributed by atoms with Crippen molar-refractivity contribution in [3.63, 3.8) is 0 Å². The van der Waals surface area contributed by atoms with Gasteiger partial charge in [-0.3, -0.25) is 9.59 Å². The highest BCUT2D eigenvalue weighted by atomic mass is 16.2. The minimum absolute atomic E-state index is 0.0863. The van der Waals surface area contributed by atoms with E-state index >= 15 is 0 Å². The van der Waals surface area contributed by atoms with E-state index in [-0.39, 0.29) is 18.4 Å². The Kier molecular flexibility index (Phi) is 4.55. The van der Waals surface area contributed by atoms with Gasteiger partial charge in [-0.15, -0.1) is 0 Å². The van der Waals surface area contributed by atoms with E-state index in [2.05, 4.69) is 5.32 Å². The van der Waals surface area contributed by atoms with Gasteiger partial charge < -0.3 is 10.2 Å². The zero-order valence-electron chi connectivity index (χ0n) is 11.3. The highest BCUT2D eigenvalue weighted by molar-refractivity contribution is 5.85. The molecule has 4 nitrogen and oxygen atoms in total. The fourth-order valence-corrected chi connectivity index (χ4v) is 2.28. The largest absolute Gasteiger partial charge is 0.350 e. The summed E-state index contributed by atoms with van der Waals surface area (Å²) >= 11 is 0. The Labute approximate surface area is 113 Å². The second-order valence-corrected chi connectivity index (χ2v) is 5.04. The van der Waals surface area contributed by atoms with Gasteiger partial charge >= 0.3 is 0 Å². The van der Waals surface area contributed by atoms with Gasteiger partial charge in [-0.05, 0) is 25.3 Å². The lowest BCUT2D eigenvalue weighted by Crippen LogP contribution is -2.42. The molecule has 0 atom stereocenters. The molecule has 0 radical (unpaired) electrons. The fraction of sp³-hybridized carbons (Fsp3) is 0.467. The molecule has 0 spiro atoms. The van der Waals surface area contributed by atoms with E-state index in [9.17, 15) is 9.59 Å². The quantitative estimate of drug-likeness (QED) is 0.894. The Morgan fingerprint density at radius 2 is 2.21 bits per heavy atom. The first-order valence-corrected chi connectivity index (χ1v) is 6.75. The van der Waals surface area contributed by atoms with E-state index in [0.29, 0.717) is 19.5 Å². The Bertz CT molecular complexity index is 471. The molecule has 1 N–H and O–H groups in total. The smallest absolute Gasteiger partial charge is 0.239 e. The number of aryl methyl sites for hydroxylation is 1. The standard InChI is InChI=1S/C15H20N2O2/c1-12-5-4-6-13(9-12)10-16-14(18)11-17-8-3-2-7-15(17)19/h4-6,9H,2-3,7-8,10-11H2,1H3,(H,16,18). The fourth-order valence-electron chi connectivity index (χ4n) is 2.28. The van der Waals surface area contributed by atoms with Crippen molar-refractivity contribution in [1.29, 1.82) is 0 Å². The van der Waals surface area contributed by atoms with Crippen LogP contribution in [-0.2, 0) is 16.1 Å². The summed E-state index contributed by atoms with van der Waals surface area (Å²) in [6, 6.07) is 8.04. The number of hydrogen-bond acceptors (Lipinski definition) is 2. The first kappa shape index (κ1) is 13.6. The molecular formula is C15H20N2O2. The zero-order valence-corrected chi connectivity index (χ0v) is 11.3. The van der Waals surface area contributed by atoms with Crippen LogP contribution in [-0.4, -0.2) is 29.8 Å². The van der Waals surface area contributed by atoms with Crippen molar-refractivity contribution in [3.05, 3.63) is 35.4 Å². The van der Waals surface area contributed by atoms with E-state index in [1.54, 1.807) is 4.90 Å². The molecule has 1 aliphatic rings. The summed E-state index contributed by atoms with van der Waals surface area (Å²) in [4.78, 5) is 25.1. The number of likely N-dealkylation sites (tertiary alicyclic amines) is 1. The lowest BCUT2D eigenvalue weighted by molar-refractivity contribution is -0.137. The third kappa shape index (κ3) is 4.09. The molecule has 2 rings (SSSR count). The van der Waals surface area contributed by atoms with Crippen LogP contribution in [0, 0.1) is 6.92 Å². The third-order valence-electron chi connectivity index (χ3n) is 3.33. The van der Waals surface area contributed by atoms with Crippen molar-refractivity contribution in [2.45, 2.75) is 32.7 Å². The van der Waals surface area contributed by atoms with Gasteiger partial charge in [0.05, 0.1) is 6.54 Å². The molecule has 1 saturated heterocycles. The Hall–Kier alpha value is -1.84. The maximum absolute atomic E-state index is 11.8. The van der Waals surface area contributed by atoms with E-state index in [1.807, 2.05) is 31.2 Å². The Balaban J connectivity index is 1.79. The summed E-state index contributed by atoms with van der Waals surface area (Å²) in [6.45, 7) is 3.43. The van der Waals surface area contributed by atoms with Crippen LogP contribution < -0.4 is 5.32 Å². The van der Waals surface area contributed by atoms with Crippen LogP contribution in [0.3, 0.4) is 0 Å². The molecule has 0 bridgehead atoms. The Morgan fingerprint density at radius 3 is 2.95 bits per heavy atom. The number of hydrogen-bond donors (Lipinski definition) is 1. The summed E-state index contributed by atoms with van der Waals surface area (Å²) in [5, 5.41) is 2.86. The molecule has 0 unspecified atom stereocenters. The second-order valence-electron chi connectivity index (χ2n) is 5.04. The average molecular weight is 260 g/mol. The van der Waals surface area contributed by atoms with Crippen molar-refractivity contribution < 1.29 is 9.59 Å². The van der Waals surface area contributed by atoms with Crippen molar-refractivity contribution in [2.75, 3.05) is 13.1 Å². The molecule has 0 saturated carbocycles. The van der Waals surface area contributed by atoms with E-state index in [1.165, 1.54) is 5.56 Å². The molecule has 1 fully saturated rings. The van der Waals surface area contributed by atoms with Gasteiger partial charge in [0.2, 0.25) is 11.8 Å². The number of carbonyl (C=O) groups is 2. The summed E-state index contributed by atoms with van der Waals surface area (Å²) in [6.07, 6.45) is 2.52. The summed E-state index contributed by atoms with van der Waals surface area (Å²) in [5.74, 6) is 0.00807. The number of nitrogens with one attached hydrogen (secondary N) is 1. The van der Waals surface area contributed by atoms with Crippen molar-refractivity contribution in [3.8, 4) is 0 Å². The predicted octanol–water partition coefficient (Wildman–Crippen LogP) is 1.62. The molecule has 0 aromatic heterocycles. The molecule has 19 heavy (non-hydrogen) atoms. The van der Waals surface area contributed by atoms with Gasteiger partial charge in [-0.1, -0.05) is 29.8 Å². The molecule has 4 heteroatoms. The zero-order chi connectivity index (χ0) is 13.7. The summed E-state index contributed by atoms with van der Waals surface area (Å²) in [5.41, 5.74) is 2.26. The summed E-state index contributed by atoms with van der Waals surface area (Å²) < 4.78 is 0. The van der Waals surface area contributed by atoms with Gasteiger partial charge in [0.15, 0.2) is 0 Å². The molecule has 0 aliphatic carbocycles. The maximum atomic E-state index is 11.8. The van der Waals surface area contributed by atoms with E-state index < -0.39 is 0 Å². The van der Waals surface area contributed by atoms with E-state index in [4.69, 9.17) is 0 Å². The lowest BCUT2D eigenvalue weighted by atomic mass is 10.1. The van der Waals surface area contributed by atoms with Crippen LogP contribution >= 0.6 is 0 Å². The van der Waals surface area contributed by atoms with E-state index in [0.717, 1.165) is 18.4 Å². The number of amides is 2. The molecule has 102 valence electrons. The molecule has 2 amide bonds. The topological polar surface area (TPSA) is 49.4 Å². The lowest BCUT2D eigenvalue weighted by Gasteiger charge is -2.25. The minimum Gasteiger partial charge on any atom is -0.350 e. The molecule has 1 aliphatic heterocycles. The first-order chi connectivity index (χ1) is 9.15. The van der Waals surface area contributed by atoms with Gasteiger partial charge in [0, 0.05) is 19.5 Å². The number of benzene rings is 1. The number of piperidine rings is 1. The Morgan fingerprint density at radius 1 is 1.37 bits per heavy atom. The molecule has 1 aromatic carbocycles. The van der Waals surface area contributed by atoms with Crippen LogP contribution in [0.1, 0.15) is 30.4 Å². The summed E-state index contributed by atoms with van der Waals surface area (Å²) in [7, 11) is 0. The minimum atomic E-state index is -0.0863. The number of carbonyl (C=O) groups excluding carboxylic acids is 2. The molecule has 1 heterocycles. The number of rotatable bonds is 4. The SMILES string of the molecule is Cc1cccc(CNC(=O)CN2CCCCC2=O)c1.